The molecule has 0 radical (unpaired) electrons. The molecule has 0 bridgehead atoms. The van der Waals surface area contributed by atoms with Gasteiger partial charge in [0.15, 0.2) is 0 Å². The summed E-state index contributed by atoms with van der Waals surface area (Å²) in [5.41, 5.74) is 6.17. The number of carboxylic acids is 1. The van der Waals surface area contributed by atoms with Crippen molar-refractivity contribution in [3.05, 3.63) is 34.8 Å². The minimum absolute atomic E-state index is 0.259. The molecule has 0 amide bonds. The molecular formula is C10H14N3O2+. The number of aromatic carboxylic acids is 1. The van der Waals surface area contributed by atoms with Crippen molar-refractivity contribution in [2.24, 2.45) is 0 Å². The first-order chi connectivity index (χ1) is 7.11. The molecule has 0 heterocycles. The Balaban J connectivity index is 0.000000336. The van der Waals surface area contributed by atoms with E-state index in [1.165, 1.54) is 12.1 Å². The molecule has 80 valence electrons. The van der Waals surface area contributed by atoms with E-state index >= 15 is 0 Å². The van der Waals surface area contributed by atoms with Gasteiger partial charge in [-0.3, -0.25) is 0 Å². The molecule has 1 aromatic rings. The number of hydrogen-bond donors (Lipinski definition) is 2. The molecule has 5 nitrogen and oxygen atoms in total. The molecule has 0 atom stereocenters. The molecule has 0 aliphatic carbocycles. The van der Waals surface area contributed by atoms with Crippen molar-refractivity contribution < 1.29 is 9.90 Å². The Morgan fingerprint density at radius 2 is 2.00 bits per heavy atom. The molecule has 5 heteroatoms. The Morgan fingerprint density at radius 1 is 1.47 bits per heavy atom. The maximum Gasteiger partial charge on any atom is 0.335 e. The minimum atomic E-state index is -0.931. The highest BCUT2D eigenvalue weighted by Gasteiger charge is 1.98. The molecule has 3 N–H and O–H groups in total. The number of nitrogen functional groups attached to an aromatic ring is 1. The van der Waals surface area contributed by atoms with Gasteiger partial charge in [0.25, 0.3) is 0 Å². The van der Waals surface area contributed by atoms with Crippen LogP contribution >= 0.6 is 0 Å². The number of nitrogens with two attached hydrogens (primary N) is 1. The third kappa shape index (κ3) is 6.05. The van der Waals surface area contributed by atoms with Crippen LogP contribution in [0.2, 0.25) is 0 Å². The van der Waals surface area contributed by atoms with E-state index < -0.39 is 5.97 Å². The fraction of sp³-hybridized carbons (Fsp3) is 0.300. The Kier molecular flexibility index (Phi) is 6.31. The van der Waals surface area contributed by atoms with E-state index in [2.05, 4.69) is 4.98 Å². The second kappa shape index (κ2) is 7.33. The lowest BCUT2D eigenvalue weighted by Gasteiger charge is -1.93. The van der Waals surface area contributed by atoms with Crippen LogP contribution < -0.4 is 5.73 Å². The Bertz CT molecular complexity index is 341. The van der Waals surface area contributed by atoms with Crippen molar-refractivity contribution in [2.75, 3.05) is 12.3 Å². The first-order valence-electron chi connectivity index (χ1n) is 4.51. The normalized spacial score (nSPS) is 8.27. The van der Waals surface area contributed by atoms with Gasteiger partial charge in [-0.25, -0.2) is 4.79 Å². The molecule has 0 saturated carbocycles. The average Bonchev–Trinajstić information content (AvgIpc) is 2.20. The predicted octanol–water partition coefficient (Wildman–Crippen LogP) is 2.22. The van der Waals surface area contributed by atoms with E-state index in [0.29, 0.717) is 12.2 Å². The van der Waals surface area contributed by atoms with Crippen LogP contribution in [0.1, 0.15) is 23.7 Å². The van der Waals surface area contributed by atoms with Crippen molar-refractivity contribution in [3.8, 4) is 0 Å². The smallest absolute Gasteiger partial charge is 0.335 e. The predicted molar refractivity (Wildman–Crippen MR) is 58.1 cm³/mol. The third-order valence-electron chi connectivity index (χ3n) is 1.48. The van der Waals surface area contributed by atoms with Gasteiger partial charge in [-0.15, -0.1) is 0 Å². The summed E-state index contributed by atoms with van der Waals surface area (Å²) < 4.78 is 0. The van der Waals surface area contributed by atoms with Crippen molar-refractivity contribution in [1.82, 2.24) is 0 Å². The molecule has 0 spiro atoms. The largest absolute Gasteiger partial charge is 0.478 e. The van der Waals surface area contributed by atoms with Gasteiger partial charge in [0.2, 0.25) is 5.39 Å². The summed E-state index contributed by atoms with van der Waals surface area (Å²) in [6, 6.07) is 6.06. The lowest BCUT2D eigenvalue weighted by molar-refractivity contribution is 0.0697. The van der Waals surface area contributed by atoms with Crippen LogP contribution in [0.25, 0.3) is 4.98 Å². The van der Waals surface area contributed by atoms with Gasteiger partial charge >= 0.3 is 12.5 Å². The van der Waals surface area contributed by atoms with Crippen LogP contribution in [-0.2, 0) is 0 Å². The number of carbonyl (C=O) groups is 1. The van der Waals surface area contributed by atoms with Crippen LogP contribution in [0, 0.1) is 5.39 Å². The summed E-state index contributed by atoms with van der Waals surface area (Å²) in [5.74, 6) is -0.931. The highest BCUT2D eigenvalue weighted by atomic mass is 16.4. The Hall–Kier alpha value is -2.09. The van der Waals surface area contributed by atoms with Gasteiger partial charge in [0, 0.05) is 12.1 Å². The number of diazo groups is 1. The quantitative estimate of drug-likeness (QED) is 0.575. The molecule has 15 heavy (non-hydrogen) atoms. The third-order valence-corrected chi connectivity index (χ3v) is 1.48. The maximum atomic E-state index is 10.3. The summed E-state index contributed by atoms with van der Waals surface area (Å²) in [7, 11) is 0. The number of rotatable bonds is 2. The van der Waals surface area contributed by atoms with E-state index in [0.717, 1.165) is 6.42 Å². The fourth-order valence-electron chi connectivity index (χ4n) is 0.726. The van der Waals surface area contributed by atoms with Crippen LogP contribution in [0.15, 0.2) is 24.3 Å². The maximum absolute atomic E-state index is 10.3. The van der Waals surface area contributed by atoms with Crippen molar-refractivity contribution in [1.29, 1.82) is 5.39 Å². The molecule has 1 rings (SSSR count). The van der Waals surface area contributed by atoms with Crippen molar-refractivity contribution >= 4 is 11.7 Å². The summed E-state index contributed by atoms with van der Waals surface area (Å²) >= 11 is 0. The van der Waals surface area contributed by atoms with Gasteiger partial charge in [-0.2, -0.15) is 0 Å². The number of hydrogen-bond acceptors (Lipinski definition) is 3. The fourth-order valence-corrected chi connectivity index (χ4v) is 0.726. The number of nitrogens with zero attached hydrogens (tertiary/aromatic N) is 2. The van der Waals surface area contributed by atoms with Crippen LogP contribution in [-0.4, -0.2) is 17.6 Å². The van der Waals surface area contributed by atoms with Gasteiger partial charge in [0.1, 0.15) is 4.98 Å². The molecule has 0 unspecified atom stereocenters. The number of carboxylic acid groups (broad SMARTS) is 1. The molecule has 0 fully saturated rings. The topological polar surface area (TPSA) is 91.5 Å². The van der Waals surface area contributed by atoms with E-state index in [-0.39, 0.29) is 5.56 Å². The van der Waals surface area contributed by atoms with Crippen molar-refractivity contribution in [3.63, 3.8) is 0 Å². The minimum Gasteiger partial charge on any atom is -0.478 e. The molecule has 1 aromatic carbocycles. The highest BCUT2D eigenvalue weighted by molar-refractivity contribution is 5.87. The molecular weight excluding hydrogens is 194 g/mol. The monoisotopic (exact) mass is 208 g/mol. The Labute approximate surface area is 88.2 Å². The Morgan fingerprint density at radius 3 is 2.27 bits per heavy atom. The summed E-state index contributed by atoms with van der Waals surface area (Å²) in [6.45, 7) is 2.53. The van der Waals surface area contributed by atoms with E-state index in [9.17, 15) is 4.79 Å². The summed E-state index contributed by atoms with van der Waals surface area (Å²) in [6.07, 6.45) is 0.927. The molecule has 0 saturated heterocycles. The highest BCUT2D eigenvalue weighted by Crippen LogP contribution is 2.04. The summed E-state index contributed by atoms with van der Waals surface area (Å²) in [4.78, 5) is 13.1. The van der Waals surface area contributed by atoms with E-state index in [1.807, 2.05) is 6.92 Å². The van der Waals surface area contributed by atoms with E-state index in [1.54, 1.807) is 12.1 Å². The molecule has 0 aliphatic rings. The van der Waals surface area contributed by atoms with Gasteiger partial charge in [0.05, 0.1) is 5.56 Å². The SMILES string of the molecule is CCC[N+]#N.Nc1ccc(C(=O)O)cc1. The molecule has 0 aromatic heterocycles. The van der Waals surface area contributed by atoms with Gasteiger partial charge in [-0.1, -0.05) is 6.92 Å². The number of benzene rings is 1. The zero-order chi connectivity index (χ0) is 11.7. The van der Waals surface area contributed by atoms with Crippen LogP contribution in [0.3, 0.4) is 0 Å². The van der Waals surface area contributed by atoms with Crippen molar-refractivity contribution in [2.45, 2.75) is 13.3 Å². The standard InChI is InChI=1S/C7H7NO2.C3H7N2/c8-6-3-1-5(2-4-6)7(9)10;1-2-3-5-4/h1-4H,8H2,(H,9,10);2-3H2,1H3/q;+1. The lowest BCUT2D eigenvalue weighted by atomic mass is 10.2. The van der Waals surface area contributed by atoms with Gasteiger partial charge < -0.3 is 10.8 Å². The summed E-state index contributed by atoms with van der Waals surface area (Å²) in [5, 5.41) is 16.1. The second-order valence-electron chi connectivity index (χ2n) is 2.79. The zero-order valence-electron chi connectivity index (χ0n) is 8.55. The van der Waals surface area contributed by atoms with Crippen LogP contribution in [0.5, 0.6) is 0 Å². The van der Waals surface area contributed by atoms with Crippen LogP contribution in [0.4, 0.5) is 5.69 Å². The molecule has 0 aliphatic heterocycles. The second-order valence-corrected chi connectivity index (χ2v) is 2.79. The zero-order valence-corrected chi connectivity index (χ0v) is 8.55. The lowest BCUT2D eigenvalue weighted by Crippen LogP contribution is -1.95. The van der Waals surface area contributed by atoms with Gasteiger partial charge in [-0.05, 0) is 24.3 Å². The first-order valence-corrected chi connectivity index (χ1v) is 4.51. The van der Waals surface area contributed by atoms with E-state index in [4.69, 9.17) is 16.2 Å². The first kappa shape index (κ1) is 12.9. The number of anilines is 1. The average molecular weight is 208 g/mol.